The summed E-state index contributed by atoms with van der Waals surface area (Å²) in [5, 5.41) is 8.19. The zero-order valence-corrected chi connectivity index (χ0v) is 6.39. The van der Waals surface area contributed by atoms with Gasteiger partial charge in [0.15, 0.2) is 0 Å². The van der Waals surface area contributed by atoms with Crippen LogP contribution in [0.25, 0.3) is 0 Å². The summed E-state index contributed by atoms with van der Waals surface area (Å²) < 4.78 is 4.89. The first-order chi connectivity index (χ1) is 4.79. The van der Waals surface area contributed by atoms with Crippen LogP contribution in [0.1, 0.15) is 0 Å². The molecule has 58 valence electrons. The molecular formula is C6H10O3S. The van der Waals surface area contributed by atoms with Gasteiger partial charge in [-0.25, -0.2) is 4.79 Å². The maximum absolute atomic E-state index is 9.96. The minimum Gasteiger partial charge on any atom is -0.480 e. The second kappa shape index (κ2) is 3.83. The second-order valence-corrected chi connectivity index (χ2v) is 3.39. The van der Waals surface area contributed by atoms with Crippen molar-refractivity contribution in [3.63, 3.8) is 0 Å². The number of hydrogen-bond donors (Lipinski definition) is 1. The lowest BCUT2D eigenvalue weighted by molar-refractivity contribution is -0.142. The number of carboxylic acids is 1. The third-order valence-electron chi connectivity index (χ3n) is 1.29. The minimum absolute atomic E-state index is 0.152. The van der Waals surface area contributed by atoms with Crippen LogP contribution in [0.5, 0.6) is 0 Å². The van der Waals surface area contributed by atoms with Gasteiger partial charge < -0.3 is 9.84 Å². The quantitative estimate of drug-likeness (QED) is 0.652. The number of ether oxygens (including phenoxy) is 1. The molecule has 0 atom stereocenters. The Morgan fingerprint density at radius 3 is 2.80 bits per heavy atom. The first kappa shape index (κ1) is 7.88. The fourth-order valence-electron chi connectivity index (χ4n) is 0.694. The molecule has 0 amide bonds. The summed E-state index contributed by atoms with van der Waals surface area (Å²) >= 11 is 1.88. The number of aliphatic carboxylic acids is 1. The molecule has 3 nitrogen and oxygen atoms in total. The molecule has 0 aromatic rings. The van der Waals surface area contributed by atoms with Crippen molar-refractivity contribution in [2.75, 3.05) is 24.7 Å². The van der Waals surface area contributed by atoms with Gasteiger partial charge in [-0.05, 0) is 11.5 Å². The Hall–Kier alpha value is -0.220. The molecule has 1 aliphatic heterocycles. The Bertz CT molecular complexity index is 122. The van der Waals surface area contributed by atoms with Crippen LogP contribution in [0, 0.1) is 5.92 Å². The SMILES string of the molecule is O=C(O)COCC1CSC1. The highest BCUT2D eigenvalue weighted by molar-refractivity contribution is 8.00. The van der Waals surface area contributed by atoms with Gasteiger partial charge in [-0.1, -0.05) is 0 Å². The van der Waals surface area contributed by atoms with Gasteiger partial charge in [0.25, 0.3) is 0 Å². The third kappa shape index (κ3) is 2.58. The lowest BCUT2D eigenvalue weighted by Gasteiger charge is -2.23. The molecule has 1 aliphatic rings. The Morgan fingerprint density at radius 1 is 1.70 bits per heavy atom. The van der Waals surface area contributed by atoms with Crippen molar-refractivity contribution in [1.29, 1.82) is 0 Å². The average molecular weight is 162 g/mol. The van der Waals surface area contributed by atoms with Crippen molar-refractivity contribution >= 4 is 17.7 Å². The molecule has 0 aromatic carbocycles. The highest BCUT2D eigenvalue weighted by Crippen LogP contribution is 2.24. The van der Waals surface area contributed by atoms with Crippen molar-refractivity contribution in [3.8, 4) is 0 Å². The van der Waals surface area contributed by atoms with Crippen LogP contribution in [0.3, 0.4) is 0 Å². The topological polar surface area (TPSA) is 46.5 Å². The van der Waals surface area contributed by atoms with Crippen LogP contribution in [0.4, 0.5) is 0 Å². The first-order valence-electron chi connectivity index (χ1n) is 3.16. The van der Waals surface area contributed by atoms with Gasteiger partial charge in [0.2, 0.25) is 0 Å². The molecule has 1 saturated heterocycles. The van der Waals surface area contributed by atoms with E-state index in [9.17, 15) is 4.79 Å². The van der Waals surface area contributed by atoms with E-state index >= 15 is 0 Å². The summed E-state index contributed by atoms with van der Waals surface area (Å²) in [6.45, 7) is 0.459. The van der Waals surface area contributed by atoms with Crippen molar-refractivity contribution in [2.45, 2.75) is 0 Å². The van der Waals surface area contributed by atoms with Gasteiger partial charge in [0.05, 0.1) is 6.61 Å². The van der Waals surface area contributed by atoms with E-state index in [1.165, 1.54) is 0 Å². The summed E-state index contributed by atoms with van der Waals surface area (Å²) in [6.07, 6.45) is 0. The molecule has 0 saturated carbocycles. The summed E-state index contributed by atoms with van der Waals surface area (Å²) in [6, 6.07) is 0. The van der Waals surface area contributed by atoms with E-state index in [4.69, 9.17) is 9.84 Å². The van der Waals surface area contributed by atoms with E-state index < -0.39 is 5.97 Å². The molecule has 10 heavy (non-hydrogen) atoms. The highest BCUT2D eigenvalue weighted by atomic mass is 32.2. The van der Waals surface area contributed by atoms with Crippen LogP contribution < -0.4 is 0 Å². The van der Waals surface area contributed by atoms with Gasteiger partial charge in [-0.2, -0.15) is 11.8 Å². The average Bonchev–Trinajstić information content (AvgIpc) is 1.75. The lowest BCUT2D eigenvalue weighted by atomic mass is 10.2. The van der Waals surface area contributed by atoms with Crippen LogP contribution >= 0.6 is 11.8 Å². The molecule has 1 rings (SSSR count). The van der Waals surface area contributed by atoms with Gasteiger partial charge in [-0.15, -0.1) is 0 Å². The molecule has 1 N–H and O–H groups in total. The summed E-state index contributed by atoms with van der Waals surface area (Å²) in [5.74, 6) is 1.97. The first-order valence-corrected chi connectivity index (χ1v) is 4.32. The predicted octanol–water partition coefficient (Wildman–Crippen LogP) is 0.451. The minimum atomic E-state index is -0.882. The van der Waals surface area contributed by atoms with Gasteiger partial charge in [-0.3, -0.25) is 0 Å². The van der Waals surface area contributed by atoms with E-state index in [1.807, 2.05) is 11.8 Å². The van der Waals surface area contributed by atoms with E-state index in [2.05, 4.69) is 0 Å². The van der Waals surface area contributed by atoms with Crippen molar-refractivity contribution in [2.24, 2.45) is 5.92 Å². The van der Waals surface area contributed by atoms with Crippen molar-refractivity contribution < 1.29 is 14.6 Å². The molecule has 0 radical (unpaired) electrons. The molecule has 4 heteroatoms. The van der Waals surface area contributed by atoms with Crippen LogP contribution in [-0.4, -0.2) is 35.8 Å². The zero-order chi connectivity index (χ0) is 7.40. The predicted molar refractivity (Wildman–Crippen MR) is 39.3 cm³/mol. The van der Waals surface area contributed by atoms with Crippen LogP contribution in [-0.2, 0) is 9.53 Å². The number of hydrogen-bond acceptors (Lipinski definition) is 3. The lowest BCUT2D eigenvalue weighted by Crippen LogP contribution is -2.24. The summed E-state index contributed by atoms with van der Waals surface area (Å²) in [4.78, 5) is 9.96. The fraction of sp³-hybridized carbons (Fsp3) is 0.833. The van der Waals surface area contributed by atoms with E-state index in [-0.39, 0.29) is 6.61 Å². The molecular weight excluding hydrogens is 152 g/mol. The third-order valence-corrected chi connectivity index (χ3v) is 2.70. The summed E-state index contributed by atoms with van der Waals surface area (Å²) in [5.41, 5.74) is 0. The van der Waals surface area contributed by atoms with Crippen LogP contribution in [0.15, 0.2) is 0 Å². The van der Waals surface area contributed by atoms with E-state index in [0.717, 1.165) is 11.5 Å². The number of thioether (sulfide) groups is 1. The number of rotatable bonds is 4. The largest absolute Gasteiger partial charge is 0.480 e. The normalized spacial score (nSPS) is 18.4. The Morgan fingerprint density at radius 2 is 2.40 bits per heavy atom. The number of carbonyl (C=O) groups is 1. The van der Waals surface area contributed by atoms with E-state index in [0.29, 0.717) is 12.5 Å². The smallest absolute Gasteiger partial charge is 0.329 e. The molecule has 0 bridgehead atoms. The van der Waals surface area contributed by atoms with Crippen molar-refractivity contribution in [3.05, 3.63) is 0 Å². The second-order valence-electron chi connectivity index (χ2n) is 2.31. The van der Waals surface area contributed by atoms with E-state index in [1.54, 1.807) is 0 Å². The monoisotopic (exact) mass is 162 g/mol. The van der Waals surface area contributed by atoms with Crippen molar-refractivity contribution in [1.82, 2.24) is 0 Å². The molecule has 1 heterocycles. The Labute approximate surface area is 63.8 Å². The fourth-order valence-corrected chi connectivity index (χ4v) is 1.46. The van der Waals surface area contributed by atoms with Crippen LogP contribution in [0.2, 0.25) is 0 Å². The van der Waals surface area contributed by atoms with Gasteiger partial charge >= 0.3 is 5.97 Å². The summed E-state index contributed by atoms with van der Waals surface area (Å²) in [7, 11) is 0. The molecule has 0 spiro atoms. The van der Waals surface area contributed by atoms with Gasteiger partial charge in [0.1, 0.15) is 6.61 Å². The number of carboxylic acid groups (broad SMARTS) is 1. The molecule has 1 fully saturated rings. The molecule has 0 aromatic heterocycles. The Kier molecular flexibility index (Phi) is 3.02. The highest BCUT2D eigenvalue weighted by Gasteiger charge is 2.18. The maximum atomic E-state index is 9.96. The Balaban J connectivity index is 1.89. The van der Waals surface area contributed by atoms with Gasteiger partial charge in [0, 0.05) is 5.92 Å². The molecule has 0 unspecified atom stereocenters. The standard InChI is InChI=1S/C6H10O3S/c7-6(8)2-9-1-5-3-10-4-5/h5H,1-4H2,(H,7,8). The zero-order valence-electron chi connectivity index (χ0n) is 5.58. The molecule has 0 aliphatic carbocycles. The maximum Gasteiger partial charge on any atom is 0.329 e.